The molecule has 0 aromatic carbocycles. The second-order valence-electron chi connectivity index (χ2n) is 7.13. The molecule has 3 heterocycles. The van der Waals surface area contributed by atoms with Gasteiger partial charge in [-0.05, 0) is 37.7 Å². The smallest absolute Gasteiger partial charge is 0.259 e. The number of aromatic nitrogens is 2. The first-order valence-corrected chi connectivity index (χ1v) is 11.3. The number of carbonyl (C=O) groups is 1. The van der Waals surface area contributed by atoms with Gasteiger partial charge < -0.3 is 9.88 Å². The van der Waals surface area contributed by atoms with Crippen molar-refractivity contribution in [2.45, 2.75) is 52.2 Å². The van der Waals surface area contributed by atoms with Crippen molar-refractivity contribution in [3.8, 4) is 0 Å². The first-order valence-electron chi connectivity index (χ1n) is 9.36. The maximum atomic E-state index is 12.6. The van der Waals surface area contributed by atoms with Gasteiger partial charge in [0.1, 0.15) is 10.7 Å². The number of aryl methyl sites for hydroxylation is 1. The van der Waals surface area contributed by atoms with Crippen LogP contribution in [0.1, 0.15) is 49.4 Å². The van der Waals surface area contributed by atoms with Gasteiger partial charge in [-0.25, -0.2) is 4.98 Å². The molecule has 5 nitrogen and oxygen atoms in total. The minimum atomic E-state index is -0.0425. The number of aromatic amines is 1. The number of thiophene rings is 1. The molecule has 7 heteroatoms. The van der Waals surface area contributed by atoms with Crippen molar-refractivity contribution < 1.29 is 4.79 Å². The fourth-order valence-electron chi connectivity index (χ4n) is 3.32. The number of hydrogen-bond donors (Lipinski definition) is 1. The van der Waals surface area contributed by atoms with Crippen molar-refractivity contribution >= 4 is 39.2 Å². The van der Waals surface area contributed by atoms with Crippen molar-refractivity contribution in [2.75, 3.05) is 18.8 Å². The number of likely N-dealkylation sites (tertiary alicyclic amines) is 1. The molecule has 142 valence electrons. The maximum absolute atomic E-state index is 12.6. The molecule has 0 bridgehead atoms. The SMILES string of the molecule is CC[C@H](C)Cc1c(C)sc2nc(CSCC(=O)N3CCCC3)[nH]c(=O)c12. The average molecular weight is 394 g/mol. The molecule has 2 aromatic rings. The van der Waals surface area contributed by atoms with Gasteiger partial charge in [-0.15, -0.1) is 23.1 Å². The van der Waals surface area contributed by atoms with Gasteiger partial charge in [0, 0.05) is 18.0 Å². The lowest BCUT2D eigenvalue weighted by Gasteiger charge is -2.14. The molecule has 1 atom stereocenters. The standard InChI is InChI=1S/C19H27N3O2S2/c1-4-12(2)9-14-13(3)26-19-17(14)18(24)20-15(21-19)10-25-11-16(23)22-7-5-6-8-22/h12H,4-11H2,1-3H3,(H,20,21,24)/t12-/m0/s1. The summed E-state index contributed by atoms with van der Waals surface area (Å²) in [6.45, 7) is 8.23. The Hall–Kier alpha value is -1.34. The lowest BCUT2D eigenvalue weighted by Crippen LogP contribution is -2.29. The van der Waals surface area contributed by atoms with Gasteiger partial charge in [-0.3, -0.25) is 9.59 Å². The van der Waals surface area contributed by atoms with E-state index in [1.54, 1.807) is 11.3 Å². The Bertz CT molecular complexity index is 837. The van der Waals surface area contributed by atoms with Crippen LogP contribution in [-0.2, 0) is 17.0 Å². The van der Waals surface area contributed by atoms with Gasteiger partial charge in [0.15, 0.2) is 0 Å². The van der Waals surface area contributed by atoms with Crippen LogP contribution in [0.5, 0.6) is 0 Å². The second-order valence-corrected chi connectivity index (χ2v) is 9.32. The van der Waals surface area contributed by atoms with Crippen LogP contribution in [0.3, 0.4) is 0 Å². The minimum Gasteiger partial charge on any atom is -0.342 e. The van der Waals surface area contributed by atoms with Crippen molar-refractivity contribution in [1.29, 1.82) is 0 Å². The van der Waals surface area contributed by atoms with E-state index in [0.29, 0.717) is 23.2 Å². The second kappa shape index (κ2) is 8.57. The molecule has 1 N–H and O–H groups in total. The molecule has 26 heavy (non-hydrogen) atoms. The van der Waals surface area contributed by atoms with Crippen molar-refractivity contribution in [3.63, 3.8) is 0 Å². The highest BCUT2D eigenvalue weighted by Gasteiger charge is 2.19. The molecule has 1 aliphatic heterocycles. The number of H-pyrrole nitrogens is 1. The largest absolute Gasteiger partial charge is 0.342 e. The molecular weight excluding hydrogens is 366 g/mol. The summed E-state index contributed by atoms with van der Waals surface area (Å²) in [5.41, 5.74) is 1.11. The molecule has 1 aliphatic rings. The molecule has 0 aliphatic carbocycles. The third-order valence-corrected chi connectivity index (χ3v) is 7.05. The predicted octanol–water partition coefficient (Wildman–Crippen LogP) is 3.74. The molecule has 1 amide bonds. The van der Waals surface area contributed by atoms with E-state index >= 15 is 0 Å². The van der Waals surface area contributed by atoms with Crippen molar-refractivity contribution in [1.82, 2.24) is 14.9 Å². The summed E-state index contributed by atoms with van der Waals surface area (Å²) in [5, 5.41) is 0.759. The summed E-state index contributed by atoms with van der Waals surface area (Å²) in [7, 11) is 0. The molecule has 0 radical (unpaired) electrons. The fraction of sp³-hybridized carbons (Fsp3) is 0.632. The zero-order chi connectivity index (χ0) is 18.7. The van der Waals surface area contributed by atoms with Crippen LogP contribution in [0.2, 0.25) is 0 Å². The Labute approximate surface area is 162 Å². The normalized spacial score (nSPS) is 15.7. The molecule has 0 saturated carbocycles. The Balaban J connectivity index is 1.70. The number of fused-ring (bicyclic) bond motifs is 1. The first kappa shape index (κ1) is 19.4. The number of nitrogens with one attached hydrogen (secondary N) is 1. The number of amides is 1. The summed E-state index contributed by atoms with van der Waals surface area (Å²) >= 11 is 3.13. The number of thioether (sulfide) groups is 1. The van der Waals surface area contributed by atoms with Gasteiger partial charge in [-0.1, -0.05) is 20.3 Å². The molecule has 0 unspecified atom stereocenters. The van der Waals surface area contributed by atoms with E-state index in [0.717, 1.165) is 54.6 Å². The molecule has 1 saturated heterocycles. The number of rotatable bonds is 7. The van der Waals surface area contributed by atoms with Crippen LogP contribution in [-0.4, -0.2) is 39.6 Å². The number of hydrogen-bond acceptors (Lipinski definition) is 5. The third-order valence-electron chi connectivity index (χ3n) is 5.08. The van der Waals surface area contributed by atoms with Crippen LogP contribution in [0, 0.1) is 12.8 Å². The summed E-state index contributed by atoms with van der Waals surface area (Å²) in [4.78, 5) is 36.3. The highest BCUT2D eigenvalue weighted by Crippen LogP contribution is 2.29. The van der Waals surface area contributed by atoms with E-state index in [1.165, 1.54) is 16.6 Å². The maximum Gasteiger partial charge on any atom is 0.259 e. The summed E-state index contributed by atoms with van der Waals surface area (Å²) in [6.07, 6.45) is 4.24. The van der Waals surface area contributed by atoms with Crippen LogP contribution in [0.4, 0.5) is 0 Å². The Morgan fingerprint density at radius 2 is 2.12 bits per heavy atom. The van der Waals surface area contributed by atoms with Crippen LogP contribution < -0.4 is 5.56 Å². The van der Waals surface area contributed by atoms with E-state index in [-0.39, 0.29) is 11.5 Å². The average Bonchev–Trinajstić information content (AvgIpc) is 3.23. The predicted molar refractivity (Wildman–Crippen MR) is 110 cm³/mol. The van der Waals surface area contributed by atoms with Crippen LogP contribution in [0.25, 0.3) is 10.2 Å². The minimum absolute atomic E-state index is 0.0425. The topological polar surface area (TPSA) is 66.1 Å². The van der Waals surface area contributed by atoms with E-state index in [4.69, 9.17) is 0 Å². The monoisotopic (exact) mass is 393 g/mol. The van der Waals surface area contributed by atoms with Gasteiger partial charge in [-0.2, -0.15) is 0 Å². The first-order chi connectivity index (χ1) is 12.5. The Kier molecular flexibility index (Phi) is 6.40. The molecule has 0 spiro atoms. The highest BCUT2D eigenvalue weighted by molar-refractivity contribution is 7.99. The fourth-order valence-corrected chi connectivity index (χ4v) is 5.18. The van der Waals surface area contributed by atoms with E-state index in [9.17, 15) is 9.59 Å². The van der Waals surface area contributed by atoms with E-state index < -0.39 is 0 Å². The quantitative estimate of drug-likeness (QED) is 0.778. The van der Waals surface area contributed by atoms with Gasteiger partial charge in [0.25, 0.3) is 5.56 Å². The Morgan fingerprint density at radius 3 is 2.81 bits per heavy atom. The Morgan fingerprint density at radius 1 is 1.38 bits per heavy atom. The molecular formula is C19H27N3O2S2. The number of carbonyl (C=O) groups excluding carboxylic acids is 1. The van der Waals surface area contributed by atoms with Gasteiger partial charge >= 0.3 is 0 Å². The highest BCUT2D eigenvalue weighted by atomic mass is 32.2. The third kappa shape index (κ3) is 4.31. The van der Waals surface area contributed by atoms with Crippen LogP contribution in [0.15, 0.2) is 4.79 Å². The summed E-state index contributed by atoms with van der Waals surface area (Å²) < 4.78 is 0. The molecule has 1 fully saturated rings. The number of nitrogens with zero attached hydrogens (tertiary/aromatic N) is 2. The van der Waals surface area contributed by atoms with E-state index in [1.807, 2.05) is 4.90 Å². The van der Waals surface area contributed by atoms with Crippen molar-refractivity contribution in [2.24, 2.45) is 5.92 Å². The lowest BCUT2D eigenvalue weighted by molar-refractivity contribution is -0.127. The lowest BCUT2D eigenvalue weighted by atomic mass is 9.98. The summed E-state index contributed by atoms with van der Waals surface area (Å²) in [6, 6.07) is 0. The molecule has 3 rings (SSSR count). The van der Waals surface area contributed by atoms with Gasteiger partial charge in [0.05, 0.1) is 16.9 Å². The van der Waals surface area contributed by atoms with E-state index in [2.05, 4.69) is 30.7 Å². The summed E-state index contributed by atoms with van der Waals surface area (Å²) in [5.74, 6) is 2.42. The van der Waals surface area contributed by atoms with Crippen molar-refractivity contribution in [3.05, 3.63) is 26.6 Å². The van der Waals surface area contributed by atoms with Gasteiger partial charge in [0.2, 0.25) is 5.91 Å². The molecule has 2 aromatic heterocycles. The zero-order valence-corrected chi connectivity index (χ0v) is 17.4. The van der Waals surface area contributed by atoms with Crippen LogP contribution >= 0.6 is 23.1 Å². The zero-order valence-electron chi connectivity index (χ0n) is 15.8.